The number of hydrogen-bond donors (Lipinski definition) is 0. The summed E-state index contributed by atoms with van der Waals surface area (Å²) < 4.78 is 8.56. The minimum Gasteiger partial charge on any atom is -0.483 e. The molecule has 0 saturated heterocycles. The van der Waals surface area contributed by atoms with Crippen LogP contribution in [0.25, 0.3) is 10.2 Å². The van der Waals surface area contributed by atoms with E-state index >= 15 is 0 Å². The van der Waals surface area contributed by atoms with Crippen LogP contribution in [-0.2, 0) is 11.3 Å². The summed E-state index contributed by atoms with van der Waals surface area (Å²) in [5, 5.41) is 0. The Morgan fingerprint density at radius 2 is 1.92 bits per heavy atom. The van der Waals surface area contributed by atoms with Crippen LogP contribution in [0.1, 0.15) is 16.7 Å². The number of ether oxygens (including phenoxy) is 1. The fourth-order valence-corrected chi connectivity index (χ4v) is 3.77. The molecule has 0 unspecified atom stereocenters. The van der Waals surface area contributed by atoms with Crippen molar-refractivity contribution in [2.75, 3.05) is 6.61 Å². The van der Waals surface area contributed by atoms with Gasteiger partial charge in [-0.1, -0.05) is 35.5 Å². The summed E-state index contributed by atoms with van der Waals surface area (Å²) in [5.74, 6) is 3.00. The zero-order chi connectivity index (χ0) is 18.7. The lowest BCUT2D eigenvalue weighted by atomic mass is 10.1. The van der Waals surface area contributed by atoms with Gasteiger partial charge in [0.2, 0.25) is 0 Å². The highest BCUT2D eigenvalue weighted by atomic mass is 32.1. The molecule has 0 N–H and O–H groups in total. The van der Waals surface area contributed by atoms with Crippen molar-refractivity contribution < 1.29 is 9.53 Å². The van der Waals surface area contributed by atoms with Gasteiger partial charge in [0.1, 0.15) is 5.75 Å². The average Bonchev–Trinajstić information content (AvgIpc) is 2.91. The lowest BCUT2D eigenvalue weighted by Gasteiger charge is -2.06. The third-order valence-electron chi connectivity index (χ3n) is 4.21. The number of terminal acetylenes is 1. The molecule has 0 bridgehead atoms. The van der Waals surface area contributed by atoms with Crippen molar-refractivity contribution in [1.29, 1.82) is 0 Å². The minimum atomic E-state index is -0.334. The average molecular weight is 364 g/mol. The molecule has 0 spiro atoms. The summed E-state index contributed by atoms with van der Waals surface area (Å²) in [4.78, 5) is 17.2. The van der Waals surface area contributed by atoms with E-state index in [0.29, 0.717) is 17.1 Å². The van der Waals surface area contributed by atoms with Gasteiger partial charge in [-0.15, -0.1) is 6.42 Å². The Kier molecular flexibility index (Phi) is 5.24. The van der Waals surface area contributed by atoms with Gasteiger partial charge in [0.15, 0.2) is 11.4 Å². The van der Waals surface area contributed by atoms with Crippen molar-refractivity contribution in [1.82, 2.24) is 4.57 Å². The first-order valence-corrected chi connectivity index (χ1v) is 9.11. The smallest absolute Gasteiger partial charge is 0.286 e. The molecule has 3 rings (SSSR count). The lowest BCUT2D eigenvalue weighted by Crippen LogP contribution is -2.19. The Bertz CT molecular complexity index is 1080. The number of fused-ring (bicyclic) bond motifs is 1. The number of amides is 1. The molecule has 3 aromatic rings. The normalized spacial score (nSPS) is 11.5. The van der Waals surface area contributed by atoms with Crippen molar-refractivity contribution in [3.8, 4) is 18.1 Å². The standard InChI is InChI=1S/C21H20N2O2S/c1-5-10-23-17-11-15(3)16(4)12-19(17)26-21(23)22-20(24)13-25-18-9-7-6-8-14(18)2/h1,6-9,11-12H,10,13H2,2-4H3. The molecule has 0 fully saturated rings. The van der Waals surface area contributed by atoms with Gasteiger partial charge in [-0.05, 0) is 55.7 Å². The highest BCUT2D eigenvalue weighted by molar-refractivity contribution is 7.16. The largest absolute Gasteiger partial charge is 0.483 e. The van der Waals surface area contributed by atoms with Crippen LogP contribution in [0.15, 0.2) is 41.4 Å². The lowest BCUT2D eigenvalue weighted by molar-refractivity contribution is -0.120. The van der Waals surface area contributed by atoms with E-state index in [1.807, 2.05) is 35.8 Å². The second kappa shape index (κ2) is 7.59. The van der Waals surface area contributed by atoms with Crippen molar-refractivity contribution in [3.05, 3.63) is 57.9 Å². The van der Waals surface area contributed by atoms with E-state index < -0.39 is 0 Å². The topological polar surface area (TPSA) is 43.6 Å². The van der Waals surface area contributed by atoms with Crippen LogP contribution in [0.5, 0.6) is 5.75 Å². The van der Waals surface area contributed by atoms with Gasteiger partial charge in [0.05, 0.1) is 16.8 Å². The van der Waals surface area contributed by atoms with Gasteiger partial charge in [-0.3, -0.25) is 4.79 Å². The van der Waals surface area contributed by atoms with E-state index in [4.69, 9.17) is 11.2 Å². The molecule has 1 aromatic heterocycles. The van der Waals surface area contributed by atoms with E-state index in [2.05, 4.69) is 36.9 Å². The van der Waals surface area contributed by atoms with Gasteiger partial charge in [-0.2, -0.15) is 4.99 Å². The van der Waals surface area contributed by atoms with Gasteiger partial charge in [0.25, 0.3) is 5.91 Å². The first-order chi connectivity index (χ1) is 12.5. The van der Waals surface area contributed by atoms with Crippen LogP contribution in [0.4, 0.5) is 0 Å². The highest BCUT2D eigenvalue weighted by Crippen LogP contribution is 2.22. The summed E-state index contributed by atoms with van der Waals surface area (Å²) in [5.41, 5.74) is 4.37. The van der Waals surface area contributed by atoms with Crippen LogP contribution < -0.4 is 9.54 Å². The third-order valence-corrected chi connectivity index (χ3v) is 5.25. The maximum Gasteiger partial charge on any atom is 0.286 e. The predicted molar refractivity (Wildman–Crippen MR) is 105 cm³/mol. The molecule has 1 heterocycles. The van der Waals surface area contributed by atoms with Gasteiger partial charge in [-0.25, -0.2) is 0 Å². The molecule has 0 aliphatic carbocycles. The number of aryl methyl sites for hydroxylation is 3. The molecule has 0 aliphatic rings. The van der Waals surface area contributed by atoms with E-state index in [9.17, 15) is 4.79 Å². The Hall–Kier alpha value is -2.84. The zero-order valence-corrected chi connectivity index (χ0v) is 15.9. The van der Waals surface area contributed by atoms with E-state index in [-0.39, 0.29) is 12.5 Å². The molecule has 1 amide bonds. The number of carbonyl (C=O) groups is 1. The monoisotopic (exact) mass is 364 g/mol. The number of aromatic nitrogens is 1. The van der Waals surface area contributed by atoms with E-state index in [1.165, 1.54) is 22.5 Å². The number of rotatable bonds is 4. The van der Waals surface area contributed by atoms with Crippen molar-refractivity contribution in [2.45, 2.75) is 27.3 Å². The summed E-state index contributed by atoms with van der Waals surface area (Å²) >= 11 is 1.46. The van der Waals surface area contributed by atoms with Crippen LogP contribution in [0.3, 0.4) is 0 Å². The minimum absolute atomic E-state index is 0.104. The molecule has 0 radical (unpaired) electrons. The molecule has 5 heteroatoms. The first-order valence-electron chi connectivity index (χ1n) is 8.29. The Morgan fingerprint density at radius 3 is 2.65 bits per heavy atom. The maximum atomic E-state index is 12.3. The molecular formula is C21H20N2O2S. The number of para-hydroxylation sites is 1. The van der Waals surface area contributed by atoms with Gasteiger partial charge >= 0.3 is 0 Å². The fourth-order valence-electron chi connectivity index (χ4n) is 2.65. The quantitative estimate of drug-likeness (QED) is 0.662. The Balaban J connectivity index is 1.93. The molecule has 26 heavy (non-hydrogen) atoms. The van der Waals surface area contributed by atoms with Crippen LogP contribution in [0, 0.1) is 33.1 Å². The molecule has 2 aromatic carbocycles. The summed E-state index contributed by atoms with van der Waals surface area (Å²) in [6.07, 6.45) is 5.51. The van der Waals surface area contributed by atoms with Crippen molar-refractivity contribution in [3.63, 3.8) is 0 Å². The number of thiazole rings is 1. The summed E-state index contributed by atoms with van der Waals surface area (Å²) in [6, 6.07) is 11.8. The van der Waals surface area contributed by atoms with Crippen molar-refractivity contribution in [2.24, 2.45) is 4.99 Å². The van der Waals surface area contributed by atoms with Crippen LogP contribution in [0.2, 0.25) is 0 Å². The molecule has 0 saturated carbocycles. The van der Waals surface area contributed by atoms with Crippen LogP contribution >= 0.6 is 11.3 Å². The van der Waals surface area contributed by atoms with Crippen molar-refractivity contribution >= 4 is 27.5 Å². The van der Waals surface area contributed by atoms with Gasteiger partial charge < -0.3 is 9.30 Å². The van der Waals surface area contributed by atoms with Crippen LogP contribution in [-0.4, -0.2) is 17.1 Å². The first kappa shape index (κ1) is 18.0. The highest BCUT2D eigenvalue weighted by Gasteiger charge is 2.10. The van der Waals surface area contributed by atoms with E-state index in [0.717, 1.165) is 15.8 Å². The third kappa shape index (κ3) is 3.71. The number of nitrogens with zero attached hydrogens (tertiary/aromatic N) is 2. The molecule has 0 atom stereocenters. The fraction of sp³-hybridized carbons (Fsp3) is 0.238. The number of benzene rings is 2. The second-order valence-corrected chi connectivity index (χ2v) is 7.15. The molecule has 0 aliphatic heterocycles. The Morgan fingerprint density at radius 1 is 1.19 bits per heavy atom. The second-order valence-electron chi connectivity index (χ2n) is 6.14. The molecule has 4 nitrogen and oxygen atoms in total. The Labute approximate surface area is 156 Å². The predicted octanol–water partition coefficient (Wildman–Crippen LogP) is 3.77. The number of carbonyl (C=O) groups excluding carboxylic acids is 1. The summed E-state index contributed by atoms with van der Waals surface area (Å²) in [6.45, 7) is 6.33. The molecular weight excluding hydrogens is 344 g/mol. The molecule has 132 valence electrons. The number of hydrogen-bond acceptors (Lipinski definition) is 3. The SMILES string of the molecule is C#CCn1c(=NC(=O)COc2ccccc2C)sc2cc(C)c(C)cc21. The van der Waals surface area contributed by atoms with E-state index in [1.54, 1.807) is 0 Å². The summed E-state index contributed by atoms with van der Waals surface area (Å²) in [7, 11) is 0. The zero-order valence-electron chi connectivity index (χ0n) is 15.1. The van der Waals surface area contributed by atoms with Gasteiger partial charge in [0, 0.05) is 0 Å². The maximum absolute atomic E-state index is 12.3.